The zero-order chi connectivity index (χ0) is 19.4. The first-order valence-corrected chi connectivity index (χ1v) is 8.88. The minimum Gasteiger partial charge on any atom is -0.507 e. The second-order valence-electron chi connectivity index (χ2n) is 5.40. The minimum absolute atomic E-state index is 0.230. The molecule has 1 aromatic heterocycles. The molecule has 6 nitrogen and oxygen atoms in total. The van der Waals surface area contributed by atoms with E-state index in [0.29, 0.717) is 21.3 Å². The Morgan fingerprint density at radius 2 is 2.00 bits per heavy atom. The molecule has 3 aromatic rings. The van der Waals surface area contributed by atoms with Crippen molar-refractivity contribution >= 4 is 40.2 Å². The highest BCUT2D eigenvalue weighted by Gasteiger charge is 2.11. The van der Waals surface area contributed by atoms with Crippen LogP contribution in [0.1, 0.15) is 15.4 Å². The number of hydrogen-bond donors (Lipinski definition) is 3. The minimum atomic E-state index is -1.24. The van der Waals surface area contributed by atoms with Crippen LogP contribution in [-0.4, -0.2) is 21.2 Å². The molecular formula is C19H12ClN3O3S. The molecule has 0 aliphatic heterocycles. The number of carboxylic acids is 1. The number of hydrogen-bond acceptors (Lipinski definition) is 6. The van der Waals surface area contributed by atoms with Crippen LogP contribution in [0.4, 0.5) is 5.69 Å². The molecular weight excluding hydrogens is 386 g/mol. The molecule has 134 valence electrons. The first-order chi connectivity index (χ1) is 13.0. The lowest BCUT2D eigenvalue weighted by Crippen LogP contribution is -1.98. The fourth-order valence-electron chi connectivity index (χ4n) is 2.25. The summed E-state index contributed by atoms with van der Waals surface area (Å²) in [5, 5.41) is 33.9. The number of carboxylic acid groups (broad SMARTS) is 1. The second-order valence-corrected chi connectivity index (χ2v) is 6.69. The maximum Gasteiger partial charge on any atom is 0.339 e. The van der Waals surface area contributed by atoms with Crippen molar-refractivity contribution in [2.45, 2.75) is 0 Å². The molecule has 0 saturated carbocycles. The molecule has 27 heavy (non-hydrogen) atoms. The van der Waals surface area contributed by atoms with Gasteiger partial charge in [-0.15, -0.1) is 11.3 Å². The summed E-state index contributed by atoms with van der Waals surface area (Å²) >= 11 is 7.20. The van der Waals surface area contributed by atoms with E-state index in [-0.39, 0.29) is 11.3 Å². The first kappa shape index (κ1) is 18.5. The van der Waals surface area contributed by atoms with Crippen molar-refractivity contribution in [2.24, 2.45) is 0 Å². The number of allylic oxidation sites excluding steroid dienone is 1. The Balaban J connectivity index is 1.83. The Bertz CT molecular complexity index is 1070. The predicted molar refractivity (Wildman–Crippen MR) is 105 cm³/mol. The molecule has 8 heteroatoms. The summed E-state index contributed by atoms with van der Waals surface area (Å²) in [5.74, 6) is -1.57. The third-order valence-electron chi connectivity index (χ3n) is 3.61. The van der Waals surface area contributed by atoms with Gasteiger partial charge >= 0.3 is 5.97 Å². The summed E-state index contributed by atoms with van der Waals surface area (Å²) in [4.78, 5) is 15.5. The largest absolute Gasteiger partial charge is 0.507 e. The van der Waals surface area contributed by atoms with Crippen LogP contribution >= 0.6 is 22.9 Å². The molecule has 3 N–H and O–H groups in total. The molecule has 1 heterocycles. The summed E-state index contributed by atoms with van der Waals surface area (Å²) in [7, 11) is 0. The summed E-state index contributed by atoms with van der Waals surface area (Å²) in [6, 6.07) is 13.4. The molecule has 0 fully saturated rings. The Labute approximate surface area is 163 Å². The lowest BCUT2D eigenvalue weighted by Gasteiger charge is -2.05. The number of thiazole rings is 1. The van der Waals surface area contributed by atoms with Gasteiger partial charge in [0.2, 0.25) is 0 Å². The zero-order valence-corrected chi connectivity index (χ0v) is 15.3. The summed E-state index contributed by atoms with van der Waals surface area (Å²) < 4.78 is 0. The molecule has 3 rings (SSSR count). The van der Waals surface area contributed by atoms with Crippen LogP contribution < -0.4 is 5.32 Å². The van der Waals surface area contributed by atoms with Crippen molar-refractivity contribution in [3.05, 3.63) is 69.6 Å². The van der Waals surface area contributed by atoms with Crippen molar-refractivity contribution in [3.63, 3.8) is 0 Å². The van der Waals surface area contributed by atoms with E-state index < -0.39 is 5.97 Å². The van der Waals surface area contributed by atoms with Crippen LogP contribution in [0.5, 0.6) is 5.75 Å². The van der Waals surface area contributed by atoms with E-state index in [9.17, 15) is 15.2 Å². The number of phenols is 1. The number of nitrogens with zero attached hydrogens (tertiary/aromatic N) is 2. The number of carbonyl (C=O) groups is 1. The molecule has 0 atom stereocenters. The average molecular weight is 398 g/mol. The fraction of sp³-hybridized carbons (Fsp3) is 0. The van der Waals surface area contributed by atoms with E-state index >= 15 is 0 Å². The van der Waals surface area contributed by atoms with Crippen LogP contribution in [0.15, 0.2) is 54.0 Å². The van der Waals surface area contributed by atoms with Crippen LogP contribution in [0.3, 0.4) is 0 Å². The van der Waals surface area contributed by atoms with Crippen molar-refractivity contribution in [1.82, 2.24) is 4.98 Å². The summed E-state index contributed by atoms with van der Waals surface area (Å²) in [6.45, 7) is 0. The zero-order valence-electron chi connectivity index (χ0n) is 13.7. The van der Waals surface area contributed by atoms with Gasteiger partial charge in [-0.1, -0.05) is 23.7 Å². The van der Waals surface area contributed by atoms with Gasteiger partial charge in [-0.25, -0.2) is 9.78 Å². The van der Waals surface area contributed by atoms with Gasteiger partial charge in [0.15, 0.2) is 0 Å². The van der Waals surface area contributed by atoms with Crippen LogP contribution in [0.25, 0.3) is 16.8 Å². The van der Waals surface area contributed by atoms with Crippen LogP contribution in [0, 0.1) is 11.3 Å². The van der Waals surface area contributed by atoms with E-state index in [1.54, 1.807) is 12.1 Å². The summed E-state index contributed by atoms with van der Waals surface area (Å²) in [5.41, 5.74) is 2.10. The van der Waals surface area contributed by atoms with Crippen molar-refractivity contribution < 1.29 is 15.0 Å². The highest BCUT2D eigenvalue weighted by atomic mass is 35.5. The van der Waals surface area contributed by atoms with Gasteiger partial charge in [0.25, 0.3) is 0 Å². The topological polar surface area (TPSA) is 106 Å². The lowest BCUT2D eigenvalue weighted by atomic mass is 10.2. The molecule has 0 aliphatic rings. The fourth-order valence-corrected chi connectivity index (χ4v) is 3.17. The van der Waals surface area contributed by atoms with Gasteiger partial charge in [-0.05, 0) is 30.3 Å². The highest BCUT2D eigenvalue weighted by molar-refractivity contribution is 7.11. The monoisotopic (exact) mass is 397 g/mol. The second kappa shape index (κ2) is 7.91. The van der Waals surface area contributed by atoms with Gasteiger partial charge in [0, 0.05) is 27.9 Å². The van der Waals surface area contributed by atoms with Crippen molar-refractivity contribution in [1.29, 1.82) is 5.26 Å². The maximum atomic E-state index is 11.1. The maximum absolute atomic E-state index is 11.1. The molecule has 0 saturated heterocycles. The molecule has 2 aromatic carbocycles. The van der Waals surface area contributed by atoms with Crippen LogP contribution in [-0.2, 0) is 0 Å². The van der Waals surface area contributed by atoms with Gasteiger partial charge in [0.1, 0.15) is 28.0 Å². The predicted octanol–water partition coefficient (Wildman–Crippen LogP) is 4.84. The number of halogens is 1. The normalized spacial score (nSPS) is 11.0. The van der Waals surface area contributed by atoms with E-state index in [1.807, 2.05) is 17.5 Å². The molecule has 0 bridgehead atoms. The van der Waals surface area contributed by atoms with Crippen molar-refractivity contribution in [3.8, 4) is 23.1 Å². The molecule has 0 unspecified atom stereocenters. The quantitative estimate of drug-likeness (QED) is 0.420. The number of anilines is 1. The number of aromatic nitrogens is 1. The highest BCUT2D eigenvalue weighted by Crippen LogP contribution is 2.27. The van der Waals surface area contributed by atoms with Crippen molar-refractivity contribution in [2.75, 3.05) is 5.32 Å². The standard InChI is InChI=1S/C19H12ClN3O3S/c20-13-3-1-11(2-4-13)16-10-27-18(23-16)12(8-21)9-22-14-5-6-17(24)15(7-14)19(25)26/h1-7,9-10,22,24H,(H,25,26)/b12-9+. The van der Waals surface area contributed by atoms with E-state index in [4.69, 9.17) is 16.7 Å². The first-order valence-electron chi connectivity index (χ1n) is 7.63. The third kappa shape index (κ3) is 4.26. The smallest absolute Gasteiger partial charge is 0.339 e. The van der Waals surface area contributed by atoms with E-state index in [0.717, 1.165) is 11.3 Å². The third-order valence-corrected chi connectivity index (χ3v) is 4.73. The van der Waals surface area contributed by atoms with Gasteiger partial charge in [0.05, 0.1) is 5.69 Å². The van der Waals surface area contributed by atoms with Gasteiger partial charge in [-0.3, -0.25) is 0 Å². The Kier molecular flexibility index (Phi) is 5.41. The Hall–Kier alpha value is -3.34. The molecule has 0 spiro atoms. The average Bonchev–Trinajstić information content (AvgIpc) is 3.14. The summed E-state index contributed by atoms with van der Waals surface area (Å²) in [6.07, 6.45) is 1.45. The number of benzene rings is 2. The number of aromatic hydroxyl groups is 1. The molecule has 0 amide bonds. The van der Waals surface area contributed by atoms with E-state index in [1.165, 1.54) is 35.7 Å². The Morgan fingerprint density at radius 3 is 2.67 bits per heavy atom. The number of rotatable bonds is 5. The molecule has 0 radical (unpaired) electrons. The van der Waals surface area contributed by atoms with Gasteiger partial charge in [-0.2, -0.15) is 5.26 Å². The van der Waals surface area contributed by atoms with E-state index in [2.05, 4.69) is 16.4 Å². The number of nitriles is 1. The Morgan fingerprint density at radius 1 is 1.26 bits per heavy atom. The van der Waals surface area contributed by atoms with Gasteiger partial charge < -0.3 is 15.5 Å². The van der Waals surface area contributed by atoms with Crippen LogP contribution in [0.2, 0.25) is 5.02 Å². The SMILES string of the molecule is N#C/C(=C\Nc1ccc(O)c(C(=O)O)c1)c1nc(-c2ccc(Cl)cc2)cs1. The number of aromatic carboxylic acids is 1. The number of nitrogens with one attached hydrogen (secondary N) is 1. The lowest BCUT2D eigenvalue weighted by molar-refractivity contribution is 0.0694. The molecule has 0 aliphatic carbocycles.